The first-order valence-corrected chi connectivity index (χ1v) is 8.31. The Balaban J connectivity index is 2.46. The molecule has 144 valence electrons. The van der Waals surface area contributed by atoms with E-state index in [0.29, 0.717) is 5.69 Å². The monoisotopic (exact) mass is 365 g/mol. The van der Waals surface area contributed by atoms with E-state index in [2.05, 4.69) is 16.0 Å². The van der Waals surface area contributed by atoms with Crippen LogP contribution in [0.2, 0.25) is 0 Å². The molecular formula is C18H27N3O5. The van der Waals surface area contributed by atoms with Gasteiger partial charge in [0.1, 0.15) is 12.2 Å². The summed E-state index contributed by atoms with van der Waals surface area (Å²) < 4.78 is 9.85. The average molecular weight is 365 g/mol. The summed E-state index contributed by atoms with van der Waals surface area (Å²) in [7, 11) is 1.44. The average Bonchev–Trinajstić information content (AvgIpc) is 2.52. The predicted octanol–water partition coefficient (Wildman–Crippen LogP) is 1.80. The van der Waals surface area contributed by atoms with E-state index in [-0.39, 0.29) is 37.9 Å². The Labute approximate surface area is 153 Å². The number of benzene rings is 1. The maximum absolute atomic E-state index is 12.1. The summed E-state index contributed by atoms with van der Waals surface area (Å²) in [5.74, 6) is -0.494. The molecule has 0 saturated heterocycles. The minimum absolute atomic E-state index is 0.0230. The van der Waals surface area contributed by atoms with Gasteiger partial charge in [-0.05, 0) is 32.4 Å². The van der Waals surface area contributed by atoms with Gasteiger partial charge in [0, 0.05) is 32.3 Å². The van der Waals surface area contributed by atoms with Crippen molar-refractivity contribution in [3.8, 4) is 0 Å². The maximum Gasteiger partial charge on any atom is 0.407 e. The van der Waals surface area contributed by atoms with Crippen LogP contribution in [0.3, 0.4) is 0 Å². The van der Waals surface area contributed by atoms with E-state index >= 15 is 0 Å². The Bertz CT molecular complexity index is 625. The van der Waals surface area contributed by atoms with Gasteiger partial charge in [0.2, 0.25) is 11.8 Å². The first-order valence-electron chi connectivity index (χ1n) is 8.31. The molecule has 0 radical (unpaired) electrons. The minimum atomic E-state index is -0.585. The third kappa shape index (κ3) is 9.03. The maximum atomic E-state index is 12.1. The van der Waals surface area contributed by atoms with Crippen molar-refractivity contribution in [2.24, 2.45) is 0 Å². The van der Waals surface area contributed by atoms with E-state index in [1.165, 1.54) is 7.11 Å². The highest BCUT2D eigenvalue weighted by atomic mass is 16.6. The number of para-hydroxylation sites is 1. The summed E-state index contributed by atoms with van der Waals surface area (Å²) in [5, 5.41) is 8.01. The van der Waals surface area contributed by atoms with E-state index < -0.39 is 11.7 Å². The van der Waals surface area contributed by atoms with Gasteiger partial charge in [0.25, 0.3) is 0 Å². The van der Waals surface area contributed by atoms with Crippen molar-refractivity contribution in [3.63, 3.8) is 0 Å². The summed E-state index contributed by atoms with van der Waals surface area (Å²) >= 11 is 0. The molecule has 0 heterocycles. The number of amides is 3. The van der Waals surface area contributed by atoms with Crippen LogP contribution in [0, 0.1) is 0 Å². The van der Waals surface area contributed by atoms with Gasteiger partial charge in [0.15, 0.2) is 0 Å². The van der Waals surface area contributed by atoms with Crippen LogP contribution in [0.5, 0.6) is 0 Å². The molecule has 1 rings (SSSR count). The number of carbonyl (C=O) groups excluding carboxylic acids is 3. The summed E-state index contributed by atoms with van der Waals surface area (Å²) in [6.45, 7) is 5.71. The van der Waals surface area contributed by atoms with E-state index in [0.717, 1.165) is 5.56 Å². The van der Waals surface area contributed by atoms with Crippen molar-refractivity contribution in [2.75, 3.05) is 25.6 Å². The van der Waals surface area contributed by atoms with Gasteiger partial charge in [-0.15, -0.1) is 0 Å². The van der Waals surface area contributed by atoms with E-state index in [4.69, 9.17) is 9.47 Å². The molecule has 0 aliphatic rings. The van der Waals surface area contributed by atoms with Crippen molar-refractivity contribution in [3.05, 3.63) is 29.8 Å². The molecule has 3 N–H and O–H groups in total. The summed E-state index contributed by atoms with van der Waals surface area (Å²) in [4.78, 5) is 35.1. The quantitative estimate of drug-likeness (QED) is 0.651. The molecule has 1 aromatic carbocycles. The third-order valence-corrected chi connectivity index (χ3v) is 3.06. The highest BCUT2D eigenvalue weighted by Crippen LogP contribution is 2.15. The largest absolute Gasteiger partial charge is 0.444 e. The van der Waals surface area contributed by atoms with Crippen LogP contribution < -0.4 is 16.0 Å². The number of anilines is 1. The summed E-state index contributed by atoms with van der Waals surface area (Å²) in [5.41, 5.74) is 0.788. The van der Waals surface area contributed by atoms with Crippen molar-refractivity contribution in [1.82, 2.24) is 10.6 Å². The second kappa shape index (κ2) is 10.4. The molecule has 0 saturated carbocycles. The molecule has 0 bridgehead atoms. The molecule has 1 aromatic rings. The molecule has 0 fully saturated rings. The van der Waals surface area contributed by atoms with Gasteiger partial charge in [0.05, 0.1) is 0 Å². The Kier molecular flexibility index (Phi) is 8.57. The van der Waals surface area contributed by atoms with Crippen LogP contribution in [-0.4, -0.2) is 43.8 Å². The number of hydrogen-bond acceptors (Lipinski definition) is 5. The van der Waals surface area contributed by atoms with E-state index in [1.807, 2.05) is 12.1 Å². The number of nitrogens with one attached hydrogen (secondary N) is 3. The molecule has 0 atom stereocenters. The van der Waals surface area contributed by atoms with Gasteiger partial charge in [-0.3, -0.25) is 9.59 Å². The Morgan fingerprint density at radius 1 is 1.04 bits per heavy atom. The second-order valence-electron chi connectivity index (χ2n) is 6.59. The molecule has 0 unspecified atom stereocenters. The zero-order valence-corrected chi connectivity index (χ0v) is 15.7. The number of rotatable bonds is 8. The van der Waals surface area contributed by atoms with Crippen LogP contribution in [0.15, 0.2) is 24.3 Å². The van der Waals surface area contributed by atoms with Crippen LogP contribution in [0.25, 0.3) is 0 Å². The van der Waals surface area contributed by atoms with Crippen molar-refractivity contribution >= 4 is 23.6 Å². The molecule has 0 spiro atoms. The smallest absolute Gasteiger partial charge is 0.407 e. The van der Waals surface area contributed by atoms with Crippen molar-refractivity contribution in [1.29, 1.82) is 0 Å². The minimum Gasteiger partial charge on any atom is -0.444 e. The summed E-state index contributed by atoms with van der Waals surface area (Å²) in [6, 6.07) is 7.16. The van der Waals surface area contributed by atoms with Crippen molar-refractivity contribution < 1.29 is 23.9 Å². The second-order valence-corrected chi connectivity index (χ2v) is 6.59. The molecular weight excluding hydrogens is 338 g/mol. The standard InChI is InChI=1S/C18H27N3O5/c1-18(2,3)26-17(24)19-10-9-15(22)21-14-8-6-5-7-13(14)11-20-16(23)12-25-4/h5-8H,9-12H2,1-4H3,(H,19,24)(H,20,23)(H,21,22). The summed E-state index contributed by atoms with van der Waals surface area (Å²) in [6.07, 6.45) is -0.463. The van der Waals surface area contributed by atoms with Crippen molar-refractivity contribution in [2.45, 2.75) is 39.3 Å². The van der Waals surface area contributed by atoms with Gasteiger partial charge in [-0.1, -0.05) is 18.2 Å². The Morgan fingerprint density at radius 2 is 1.73 bits per heavy atom. The lowest BCUT2D eigenvalue weighted by molar-refractivity contribution is -0.124. The zero-order chi connectivity index (χ0) is 19.6. The fourth-order valence-corrected chi connectivity index (χ4v) is 1.98. The molecule has 3 amide bonds. The first-order chi connectivity index (χ1) is 12.2. The van der Waals surface area contributed by atoms with Crippen LogP contribution in [0.1, 0.15) is 32.8 Å². The number of carbonyl (C=O) groups is 3. The van der Waals surface area contributed by atoms with E-state index in [9.17, 15) is 14.4 Å². The molecule has 8 nitrogen and oxygen atoms in total. The fraction of sp³-hybridized carbons (Fsp3) is 0.500. The number of alkyl carbamates (subject to hydrolysis) is 1. The lowest BCUT2D eigenvalue weighted by atomic mass is 10.1. The Morgan fingerprint density at radius 3 is 2.38 bits per heavy atom. The van der Waals surface area contributed by atoms with Crippen LogP contribution >= 0.6 is 0 Å². The molecule has 8 heteroatoms. The van der Waals surface area contributed by atoms with Crippen LogP contribution in [-0.2, 0) is 25.6 Å². The highest BCUT2D eigenvalue weighted by Gasteiger charge is 2.16. The SMILES string of the molecule is COCC(=O)NCc1ccccc1NC(=O)CCNC(=O)OC(C)(C)C. The van der Waals surface area contributed by atoms with Gasteiger partial charge >= 0.3 is 6.09 Å². The lowest BCUT2D eigenvalue weighted by Crippen LogP contribution is -2.34. The zero-order valence-electron chi connectivity index (χ0n) is 15.7. The molecule has 0 aromatic heterocycles. The fourth-order valence-electron chi connectivity index (χ4n) is 1.98. The number of hydrogen-bond donors (Lipinski definition) is 3. The number of methoxy groups -OCH3 is 1. The third-order valence-electron chi connectivity index (χ3n) is 3.06. The number of ether oxygens (including phenoxy) is 2. The molecule has 26 heavy (non-hydrogen) atoms. The molecule has 0 aliphatic heterocycles. The lowest BCUT2D eigenvalue weighted by Gasteiger charge is -2.19. The highest BCUT2D eigenvalue weighted by molar-refractivity contribution is 5.92. The van der Waals surface area contributed by atoms with Gasteiger partial charge in [-0.2, -0.15) is 0 Å². The van der Waals surface area contributed by atoms with Crippen LogP contribution in [0.4, 0.5) is 10.5 Å². The Hall–Kier alpha value is -2.61. The first kappa shape index (κ1) is 21.4. The van der Waals surface area contributed by atoms with E-state index in [1.54, 1.807) is 32.9 Å². The van der Waals surface area contributed by atoms with Gasteiger partial charge in [-0.25, -0.2) is 4.79 Å². The topological polar surface area (TPSA) is 106 Å². The predicted molar refractivity (Wildman–Crippen MR) is 97.6 cm³/mol. The molecule has 0 aliphatic carbocycles. The van der Waals surface area contributed by atoms with Gasteiger partial charge < -0.3 is 25.4 Å². The normalized spacial score (nSPS) is 10.8.